The van der Waals surface area contributed by atoms with E-state index in [-0.39, 0.29) is 5.75 Å². The maximum atomic E-state index is 9.79. The number of fused-ring (bicyclic) bond motifs is 2. The minimum Gasteiger partial charge on any atom is -0.506 e. The first-order chi connectivity index (χ1) is 15.2. The second-order valence-corrected chi connectivity index (χ2v) is 8.79. The van der Waals surface area contributed by atoms with Crippen molar-refractivity contribution in [1.29, 1.82) is 0 Å². The second kappa shape index (κ2) is 6.78. The number of aromatic hydroxyl groups is 1. The number of benzene rings is 1. The fourth-order valence-electron chi connectivity index (χ4n) is 3.94. The third kappa shape index (κ3) is 2.98. The number of aromatic amines is 2. The Morgan fingerprint density at radius 2 is 1.74 bits per heavy atom. The molecule has 6 aromatic rings. The summed E-state index contributed by atoms with van der Waals surface area (Å²) in [5, 5.41) is 19.6. The summed E-state index contributed by atoms with van der Waals surface area (Å²) in [5.41, 5.74) is 6.62. The molecule has 31 heavy (non-hydrogen) atoms. The van der Waals surface area contributed by atoms with Crippen molar-refractivity contribution < 1.29 is 5.11 Å². The zero-order valence-corrected chi connectivity index (χ0v) is 17.4. The Kier molecular flexibility index (Phi) is 3.91. The summed E-state index contributed by atoms with van der Waals surface area (Å²) >= 11 is 1.76. The molecule has 0 atom stereocenters. The number of nitrogens with zero attached hydrogens (tertiary/aromatic N) is 3. The van der Waals surface area contributed by atoms with Gasteiger partial charge in [-0.1, -0.05) is 6.07 Å². The summed E-state index contributed by atoms with van der Waals surface area (Å²) in [6.07, 6.45) is 6.93. The summed E-state index contributed by atoms with van der Waals surface area (Å²) in [5.74, 6) is 0.143. The second-order valence-electron chi connectivity index (χ2n) is 7.51. The van der Waals surface area contributed by atoms with Crippen molar-refractivity contribution in [3.8, 4) is 38.7 Å². The summed E-state index contributed by atoms with van der Waals surface area (Å²) in [4.78, 5) is 14.5. The van der Waals surface area contributed by atoms with Crippen LogP contribution in [0.4, 0.5) is 0 Å². The van der Waals surface area contributed by atoms with Crippen LogP contribution in [0, 0.1) is 6.92 Å². The van der Waals surface area contributed by atoms with E-state index in [1.54, 1.807) is 23.6 Å². The number of rotatable bonds is 3. The normalized spacial score (nSPS) is 11.5. The van der Waals surface area contributed by atoms with Gasteiger partial charge in [0, 0.05) is 44.0 Å². The number of nitrogens with one attached hydrogen (secondary N) is 2. The van der Waals surface area contributed by atoms with E-state index >= 15 is 0 Å². The Balaban J connectivity index is 1.51. The number of aryl methyl sites for hydroxylation is 1. The van der Waals surface area contributed by atoms with E-state index in [1.165, 1.54) is 16.0 Å². The fraction of sp³-hybridized carbons (Fsp3) is 0.0417. The lowest BCUT2D eigenvalue weighted by Gasteiger charge is -2.02. The average Bonchev–Trinajstić information content (AvgIpc) is 3.50. The van der Waals surface area contributed by atoms with E-state index in [9.17, 15) is 5.11 Å². The predicted molar refractivity (Wildman–Crippen MR) is 124 cm³/mol. The van der Waals surface area contributed by atoms with Gasteiger partial charge in [-0.15, -0.1) is 11.3 Å². The van der Waals surface area contributed by atoms with Crippen LogP contribution in [0.5, 0.6) is 5.75 Å². The van der Waals surface area contributed by atoms with Crippen LogP contribution in [0.25, 0.3) is 54.8 Å². The molecule has 0 saturated carbocycles. The first-order valence-corrected chi connectivity index (χ1v) is 10.6. The van der Waals surface area contributed by atoms with Gasteiger partial charge in [0.2, 0.25) is 0 Å². The van der Waals surface area contributed by atoms with E-state index in [4.69, 9.17) is 0 Å². The van der Waals surface area contributed by atoms with Crippen LogP contribution in [0.15, 0.2) is 67.3 Å². The van der Waals surface area contributed by atoms with E-state index < -0.39 is 0 Å². The molecule has 1 aromatic carbocycles. The van der Waals surface area contributed by atoms with Crippen LogP contribution in [-0.4, -0.2) is 30.3 Å². The van der Waals surface area contributed by atoms with Crippen molar-refractivity contribution in [3.05, 3.63) is 72.1 Å². The van der Waals surface area contributed by atoms with E-state index in [0.29, 0.717) is 0 Å². The van der Waals surface area contributed by atoms with Gasteiger partial charge in [0.1, 0.15) is 11.4 Å². The van der Waals surface area contributed by atoms with Crippen molar-refractivity contribution in [2.75, 3.05) is 0 Å². The predicted octanol–water partition coefficient (Wildman–Crippen LogP) is 5.91. The smallest absolute Gasteiger partial charge is 0.134 e. The Bertz CT molecular complexity index is 1580. The number of aromatic nitrogens is 5. The Morgan fingerprint density at radius 3 is 2.58 bits per heavy atom. The van der Waals surface area contributed by atoms with Crippen LogP contribution >= 0.6 is 11.3 Å². The molecule has 6 nitrogen and oxygen atoms in total. The van der Waals surface area contributed by atoms with Gasteiger partial charge >= 0.3 is 0 Å². The molecule has 0 spiro atoms. The molecule has 0 aliphatic heterocycles. The molecule has 0 radical (unpaired) electrons. The highest BCUT2D eigenvalue weighted by atomic mass is 32.1. The number of hydrogen-bond donors (Lipinski definition) is 3. The molecule has 7 heteroatoms. The summed E-state index contributed by atoms with van der Waals surface area (Å²) < 4.78 is 0. The summed E-state index contributed by atoms with van der Waals surface area (Å²) in [7, 11) is 0. The molecule has 0 saturated heterocycles. The zero-order chi connectivity index (χ0) is 20.9. The Hall–Kier alpha value is -3.97. The molecule has 0 aliphatic rings. The maximum Gasteiger partial charge on any atom is 0.134 e. The number of H-pyrrole nitrogens is 2. The highest BCUT2D eigenvalue weighted by Gasteiger charge is 2.15. The topological polar surface area (TPSA) is 90.5 Å². The minimum atomic E-state index is 0.143. The largest absolute Gasteiger partial charge is 0.506 e. The van der Waals surface area contributed by atoms with Crippen LogP contribution in [0.2, 0.25) is 0 Å². The van der Waals surface area contributed by atoms with Gasteiger partial charge in [0.05, 0.1) is 29.1 Å². The maximum absolute atomic E-state index is 9.79. The Labute approximate surface area is 181 Å². The van der Waals surface area contributed by atoms with Crippen LogP contribution in [0.1, 0.15) is 4.88 Å². The average molecular weight is 424 g/mol. The lowest BCUT2D eigenvalue weighted by Crippen LogP contribution is -1.82. The molecular weight excluding hydrogens is 406 g/mol. The van der Waals surface area contributed by atoms with Gasteiger partial charge in [0.15, 0.2) is 0 Å². The third-order valence-corrected chi connectivity index (χ3v) is 6.46. The SMILES string of the molecule is Cc1ccc(-c2cncc3[nH]c(-c4n[nH]c5ccc(-c6cncc(O)c6)cc45)cc23)s1. The van der Waals surface area contributed by atoms with Gasteiger partial charge in [-0.3, -0.25) is 15.1 Å². The molecule has 0 bridgehead atoms. The van der Waals surface area contributed by atoms with Crippen LogP contribution < -0.4 is 0 Å². The van der Waals surface area contributed by atoms with Crippen LogP contribution in [0.3, 0.4) is 0 Å². The van der Waals surface area contributed by atoms with Gasteiger partial charge < -0.3 is 10.1 Å². The molecule has 3 N–H and O–H groups in total. The quantitative estimate of drug-likeness (QED) is 0.330. The van der Waals surface area contributed by atoms with E-state index in [0.717, 1.165) is 49.9 Å². The van der Waals surface area contributed by atoms with Gasteiger partial charge in [-0.25, -0.2) is 0 Å². The molecule has 5 heterocycles. The number of hydrogen-bond acceptors (Lipinski definition) is 5. The van der Waals surface area contributed by atoms with Crippen molar-refractivity contribution in [3.63, 3.8) is 0 Å². The van der Waals surface area contributed by atoms with Crippen LogP contribution in [-0.2, 0) is 0 Å². The fourth-order valence-corrected chi connectivity index (χ4v) is 4.83. The molecular formula is C24H17N5OS. The van der Waals surface area contributed by atoms with Gasteiger partial charge in [-0.05, 0) is 48.9 Å². The molecule has 150 valence electrons. The molecule has 0 aliphatic carbocycles. The molecule has 0 fully saturated rings. The Morgan fingerprint density at radius 1 is 0.839 bits per heavy atom. The first-order valence-electron chi connectivity index (χ1n) is 9.82. The lowest BCUT2D eigenvalue weighted by atomic mass is 10.0. The minimum absolute atomic E-state index is 0.143. The van der Waals surface area contributed by atoms with Crippen molar-refractivity contribution >= 4 is 33.1 Å². The summed E-state index contributed by atoms with van der Waals surface area (Å²) in [6, 6.07) is 14.2. The highest BCUT2D eigenvalue weighted by molar-refractivity contribution is 7.15. The third-order valence-electron chi connectivity index (χ3n) is 5.43. The van der Waals surface area contributed by atoms with Crippen molar-refractivity contribution in [2.24, 2.45) is 0 Å². The number of thiophene rings is 1. The highest BCUT2D eigenvalue weighted by Crippen LogP contribution is 2.36. The van der Waals surface area contributed by atoms with Gasteiger partial charge in [-0.2, -0.15) is 5.10 Å². The molecule has 0 unspecified atom stereocenters. The number of pyridine rings is 2. The lowest BCUT2D eigenvalue weighted by molar-refractivity contribution is 0.473. The molecule has 0 amide bonds. The molecule has 5 aromatic heterocycles. The standard InChI is InChI=1S/C24H17N5OS/c1-13-2-5-23(31-13)19-11-26-12-22-17(19)8-21(27-22)24-18-7-14(3-4-20(18)28-29-24)15-6-16(30)10-25-9-15/h2-12,27,30H,1H3,(H,28,29). The monoisotopic (exact) mass is 423 g/mol. The zero-order valence-electron chi connectivity index (χ0n) is 16.5. The summed E-state index contributed by atoms with van der Waals surface area (Å²) in [6.45, 7) is 2.11. The first kappa shape index (κ1) is 17.9. The van der Waals surface area contributed by atoms with E-state index in [2.05, 4.69) is 56.3 Å². The van der Waals surface area contributed by atoms with E-state index in [1.807, 2.05) is 24.5 Å². The van der Waals surface area contributed by atoms with Crippen molar-refractivity contribution in [1.82, 2.24) is 25.1 Å². The van der Waals surface area contributed by atoms with Crippen molar-refractivity contribution in [2.45, 2.75) is 6.92 Å². The molecule has 6 rings (SSSR count). The van der Waals surface area contributed by atoms with Gasteiger partial charge in [0.25, 0.3) is 0 Å².